The Bertz CT molecular complexity index is 845. The summed E-state index contributed by atoms with van der Waals surface area (Å²) in [6, 6.07) is 11.3. The molecular weight excluding hydrogens is 375 g/mol. The van der Waals surface area contributed by atoms with Crippen molar-refractivity contribution in [2.45, 2.75) is 37.5 Å². The minimum atomic E-state index is -4.33. The number of hydrogen-bond donors (Lipinski definition) is 2. The Morgan fingerprint density at radius 1 is 1.25 bits per heavy atom. The number of nitrogens with one attached hydrogen (secondary N) is 1. The zero-order valence-corrected chi connectivity index (χ0v) is 14.9. The van der Waals surface area contributed by atoms with Gasteiger partial charge in [-0.05, 0) is 31.7 Å². The van der Waals surface area contributed by atoms with Crippen LogP contribution in [0.2, 0.25) is 0 Å². The molecule has 1 aromatic carbocycles. The number of nitro groups is 1. The van der Waals surface area contributed by atoms with E-state index in [2.05, 4.69) is 10.3 Å². The Balaban J connectivity index is 1.79. The molecule has 150 valence electrons. The van der Waals surface area contributed by atoms with E-state index in [9.17, 15) is 28.4 Å². The van der Waals surface area contributed by atoms with Crippen molar-refractivity contribution in [1.82, 2.24) is 4.98 Å². The fourth-order valence-electron chi connectivity index (χ4n) is 3.54. The fraction of sp³-hybridized carbons (Fsp3) is 0.421. The SMILES string of the molecule is O=[N+]([O-])c1ccc(NCC2(O)CCCC(C(F)(F)F)C2)nc1-c1ccccc1. The van der Waals surface area contributed by atoms with E-state index in [1.54, 1.807) is 30.3 Å². The molecule has 2 aromatic rings. The van der Waals surface area contributed by atoms with Crippen molar-refractivity contribution < 1.29 is 23.2 Å². The summed E-state index contributed by atoms with van der Waals surface area (Å²) in [5.41, 5.74) is -0.981. The lowest BCUT2D eigenvalue weighted by Gasteiger charge is -2.37. The van der Waals surface area contributed by atoms with Crippen molar-refractivity contribution >= 4 is 11.5 Å². The number of benzene rings is 1. The van der Waals surface area contributed by atoms with Gasteiger partial charge < -0.3 is 10.4 Å². The number of aliphatic hydroxyl groups is 1. The highest BCUT2D eigenvalue weighted by Gasteiger charge is 2.46. The second-order valence-corrected chi connectivity index (χ2v) is 7.10. The Labute approximate surface area is 159 Å². The van der Waals surface area contributed by atoms with Crippen LogP contribution < -0.4 is 5.32 Å². The van der Waals surface area contributed by atoms with E-state index in [4.69, 9.17) is 0 Å². The Morgan fingerprint density at radius 3 is 2.61 bits per heavy atom. The predicted molar refractivity (Wildman–Crippen MR) is 97.8 cm³/mol. The number of anilines is 1. The van der Waals surface area contributed by atoms with Gasteiger partial charge in [-0.15, -0.1) is 0 Å². The van der Waals surface area contributed by atoms with Gasteiger partial charge in [0.1, 0.15) is 5.82 Å². The highest BCUT2D eigenvalue weighted by molar-refractivity contribution is 5.71. The quantitative estimate of drug-likeness (QED) is 0.573. The first-order valence-corrected chi connectivity index (χ1v) is 8.92. The monoisotopic (exact) mass is 395 g/mol. The summed E-state index contributed by atoms with van der Waals surface area (Å²) >= 11 is 0. The first-order valence-electron chi connectivity index (χ1n) is 8.92. The van der Waals surface area contributed by atoms with E-state index in [0.717, 1.165) is 0 Å². The summed E-state index contributed by atoms with van der Waals surface area (Å²) < 4.78 is 39.0. The highest BCUT2D eigenvalue weighted by Crippen LogP contribution is 2.41. The van der Waals surface area contributed by atoms with Crippen molar-refractivity contribution in [1.29, 1.82) is 0 Å². The minimum Gasteiger partial charge on any atom is -0.388 e. The van der Waals surface area contributed by atoms with Gasteiger partial charge in [0, 0.05) is 18.2 Å². The van der Waals surface area contributed by atoms with Gasteiger partial charge in [0.05, 0.1) is 16.4 Å². The maximum atomic E-state index is 13.0. The van der Waals surface area contributed by atoms with Crippen LogP contribution in [0.15, 0.2) is 42.5 Å². The molecule has 2 N–H and O–H groups in total. The van der Waals surface area contributed by atoms with Crippen molar-refractivity contribution in [2.24, 2.45) is 5.92 Å². The molecule has 28 heavy (non-hydrogen) atoms. The third-order valence-corrected chi connectivity index (χ3v) is 5.00. The highest BCUT2D eigenvalue weighted by atomic mass is 19.4. The molecule has 6 nitrogen and oxygen atoms in total. The molecule has 0 radical (unpaired) electrons. The molecule has 0 spiro atoms. The van der Waals surface area contributed by atoms with Crippen LogP contribution in [0.5, 0.6) is 0 Å². The van der Waals surface area contributed by atoms with Gasteiger partial charge in [0.25, 0.3) is 5.69 Å². The Morgan fingerprint density at radius 2 is 1.96 bits per heavy atom. The molecule has 2 unspecified atom stereocenters. The average molecular weight is 395 g/mol. The molecule has 1 saturated carbocycles. The summed E-state index contributed by atoms with van der Waals surface area (Å²) in [5, 5.41) is 24.7. The molecular formula is C19H20F3N3O3. The van der Waals surface area contributed by atoms with E-state index >= 15 is 0 Å². The second kappa shape index (κ2) is 7.75. The zero-order valence-electron chi connectivity index (χ0n) is 14.9. The Kier molecular flexibility index (Phi) is 5.55. The van der Waals surface area contributed by atoms with Crippen molar-refractivity contribution in [3.8, 4) is 11.3 Å². The van der Waals surface area contributed by atoms with E-state index < -0.39 is 22.6 Å². The van der Waals surface area contributed by atoms with Crippen LogP contribution in [-0.2, 0) is 0 Å². The van der Waals surface area contributed by atoms with Gasteiger partial charge >= 0.3 is 6.18 Å². The number of nitrogens with zero attached hydrogens (tertiary/aromatic N) is 2. The van der Waals surface area contributed by atoms with Crippen LogP contribution in [0.25, 0.3) is 11.3 Å². The minimum absolute atomic E-state index is 0.0136. The first-order chi connectivity index (χ1) is 13.2. The maximum Gasteiger partial charge on any atom is 0.391 e. The van der Waals surface area contributed by atoms with Gasteiger partial charge in [-0.2, -0.15) is 13.2 Å². The number of alkyl halides is 3. The normalized spacial score (nSPS) is 22.6. The summed E-state index contributed by atoms with van der Waals surface area (Å²) in [6.07, 6.45) is -4.15. The lowest BCUT2D eigenvalue weighted by Crippen LogP contribution is -2.45. The van der Waals surface area contributed by atoms with Gasteiger partial charge in [-0.25, -0.2) is 4.98 Å². The second-order valence-electron chi connectivity index (χ2n) is 7.10. The summed E-state index contributed by atoms with van der Waals surface area (Å²) in [6.45, 7) is -0.112. The molecule has 3 rings (SSSR count). The van der Waals surface area contributed by atoms with Crippen molar-refractivity contribution in [3.05, 3.63) is 52.6 Å². The molecule has 9 heteroatoms. The van der Waals surface area contributed by atoms with Gasteiger partial charge in [0.2, 0.25) is 0 Å². The zero-order chi connectivity index (χ0) is 20.4. The largest absolute Gasteiger partial charge is 0.391 e. The molecule has 1 aliphatic carbocycles. The number of pyridine rings is 1. The molecule has 0 amide bonds. The molecule has 1 aromatic heterocycles. The van der Waals surface area contributed by atoms with Gasteiger partial charge in [0.15, 0.2) is 5.69 Å². The van der Waals surface area contributed by atoms with Gasteiger partial charge in [-0.1, -0.05) is 30.3 Å². The van der Waals surface area contributed by atoms with E-state index in [0.29, 0.717) is 5.56 Å². The molecule has 0 aliphatic heterocycles. The fourth-order valence-corrected chi connectivity index (χ4v) is 3.54. The third kappa shape index (κ3) is 4.59. The predicted octanol–water partition coefficient (Wildman–Crippen LogP) is 4.55. The first kappa shape index (κ1) is 20.1. The lowest BCUT2D eigenvalue weighted by atomic mass is 9.77. The van der Waals surface area contributed by atoms with Crippen LogP contribution in [0.4, 0.5) is 24.7 Å². The molecule has 2 atom stereocenters. The summed E-state index contributed by atoms with van der Waals surface area (Å²) in [5.74, 6) is -1.27. The van der Waals surface area contributed by atoms with Crippen LogP contribution in [0, 0.1) is 16.0 Å². The van der Waals surface area contributed by atoms with Crippen molar-refractivity contribution in [3.63, 3.8) is 0 Å². The number of halogens is 3. The lowest BCUT2D eigenvalue weighted by molar-refractivity contribution is -0.384. The van der Waals surface area contributed by atoms with E-state index in [-0.39, 0.29) is 49.4 Å². The molecule has 1 fully saturated rings. The summed E-state index contributed by atoms with van der Waals surface area (Å²) in [7, 11) is 0. The van der Waals surface area contributed by atoms with Crippen LogP contribution in [-0.4, -0.2) is 33.3 Å². The maximum absolute atomic E-state index is 13.0. The number of hydrogen-bond acceptors (Lipinski definition) is 5. The third-order valence-electron chi connectivity index (χ3n) is 5.00. The van der Waals surface area contributed by atoms with Crippen LogP contribution in [0.3, 0.4) is 0 Å². The standard InChI is InChI=1S/C19H20F3N3O3/c20-19(21,22)14-7-4-10-18(26,11-14)12-23-16-9-8-15(25(27)28)17(24-16)13-5-2-1-3-6-13/h1-3,5-6,8-9,14,26H,4,7,10-12H2,(H,23,24). The molecule has 1 aliphatic rings. The summed E-state index contributed by atoms with van der Waals surface area (Å²) in [4.78, 5) is 15.0. The van der Waals surface area contributed by atoms with Crippen molar-refractivity contribution in [2.75, 3.05) is 11.9 Å². The Hall–Kier alpha value is -2.68. The molecule has 0 saturated heterocycles. The number of rotatable bonds is 5. The van der Waals surface area contributed by atoms with E-state index in [1.807, 2.05) is 0 Å². The van der Waals surface area contributed by atoms with Crippen LogP contribution >= 0.6 is 0 Å². The smallest absolute Gasteiger partial charge is 0.388 e. The molecule has 1 heterocycles. The van der Waals surface area contributed by atoms with E-state index in [1.165, 1.54) is 12.1 Å². The number of aromatic nitrogens is 1. The molecule has 0 bridgehead atoms. The topological polar surface area (TPSA) is 88.3 Å². The van der Waals surface area contributed by atoms with Gasteiger partial charge in [-0.3, -0.25) is 10.1 Å². The van der Waals surface area contributed by atoms with Crippen LogP contribution in [0.1, 0.15) is 25.7 Å². The average Bonchev–Trinajstić information content (AvgIpc) is 2.66.